The molecule has 0 saturated heterocycles. The van der Waals surface area contributed by atoms with Crippen molar-refractivity contribution in [1.29, 1.82) is 0 Å². The number of nitrogens with zero attached hydrogens (tertiary/aromatic N) is 3. The number of methoxy groups -OCH3 is 1. The van der Waals surface area contributed by atoms with Crippen LogP contribution < -0.4 is 20.8 Å². The Morgan fingerprint density at radius 3 is 2.62 bits per heavy atom. The summed E-state index contributed by atoms with van der Waals surface area (Å²) in [5.41, 5.74) is 3.82. The van der Waals surface area contributed by atoms with Crippen LogP contribution >= 0.6 is 11.3 Å². The van der Waals surface area contributed by atoms with Crippen molar-refractivity contribution in [2.45, 2.75) is 6.42 Å². The summed E-state index contributed by atoms with van der Waals surface area (Å²) in [5.74, 6) is 0.298. The monoisotopic (exact) mass is 410 g/mol. The van der Waals surface area contributed by atoms with Gasteiger partial charge in [-0.2, -0.15) is 5.10 Å². The molecule has 10 heteroatoms. The van der Waals surface area contributed by atoms with Crippen molar-refractivity contribution in [3.63, 3.8) is 0 Å². The average Bonchev–Trinajstić information content (AvgIpc) is 3.15. The van der Waals surface area contributed by atoms with Crippen molar-refractivity contribution in [2.75, 3.05) is 17.7 Å². The summed E-state index contributed by atoms with van der Waals surface area (Å²) in [6.07, 6.45) is 1.49. The molecule has 29 heavy (non-hydrogen) atoms. The van der Waals surface area contributed by atoms with Gasteiger partial charge in [-0.15, -0.1) is 10.2 Å². The van der Waals surface area contributed by atoms with E-state index in [2.05, 4.69) is 31.4 Å². The van der Waals surface area contributed by atoms with Crippen LogP contribution in [-0.2, 0) is 11.2 Å². The molecule has 0 saturated carbocycles. The number of hydrazone groups is 1. The van der Waals surface area contributed by atoms with E-state index in [1.165, 1.54) is 6.21 Å². The second kappa shape index (κ2) is 9.95. The van der Waals surface area contributed by atoms with Crippen LogP contribution in [0.2, 0.25) is 0 Å². The number of hydrogen-bond donors (Lipinski definition) is 3. The molecule has 0 radical (unpaired) electrons. The van der Waals surface area contributed by atoms with E-state index >= 15 is 0 Å². The maximum Gasteiger partial charge on any atom is 0.325 e. The van der Waals surface area contributed by atoms with Crippen molar-refractivity contribution < 1.29 is 14.3 Å². The van der Waals surface area contributed by atoms with Crippen LogP contribution in [-0.4, -0.2) is 35.5 Å². The number of anilines is 2. The maximum atomic E-state index is 12.0. The molecule has 0 aliphatic carbocycles. The van der Waals surface area contributed by atoms with E-state index in [4.69, 9.17) is 4.74 Å². The molecule has 9 nitrogen and oxygen atoms in total. The van der Waals surface area contributed by atoms with E-state index in [9.17, 15) is 9.59 Å². The Labute approximate surface area is 170 Å². The number of benzene rings is 2. The number of carbonyl (C=O) groups excluding carboxylic acids is 2. The van der Waals surface area contributed by atoms with E-state index in [0.29, 0.717) is 21.6 Å². The molecule has 0 aliphatic rings. The fraction of sp³-hybridized carbons (Fsp3) is 0.105. The SMILES string of the molecule is COc1ccccc1C=NNC(=O)Cc1nnc(NC(=O)Nc2ccccc2)s1. The Balaban J connectivity index is 1.48. The molecule has 1 heterocycles. The molecule has 3 aromatic rings. The minimum Gasteiger partial charge on any atom is -0.496 e. The fourth-order valence-corrected chi connectivity index (χ4v) is 3.01. The molecule has 0 unspecified atom stereocenters. The second-order valence-electron chi connectivity index (χ2n) is 5.66. The van der Waals surface area contributed by atoms with Crippen molar-refractivity contribution in [2.24, 2.45) is 5.10 Å². The molecular formula is C19H18N6O3S. The molecule has 0 aliphatic heterocycles. The number of urea groups is 1. The lowest BCUT2D eigenvalue weighted by molar-refractivity contribution is -0.120. The van der Waals surface area contributed by atoms with Gasteiger partial charge in [0.1, 0.15) is 10.8 Å². The van der Waals surface area contributed by atoms with E-state index in [1.807, 2.05) is 36.4 Å². The number of hydrogen-bond acceptors (Lipinski definition) is 7. The molecule has 0 bridgehead atoms. The van der Waals surface area contributed by atoms with E-state index in [-0.39, 0.29) is 12.3 Å². The number of aromatic nitrogens is 2. The third-order valence-electron chi connectivity index (χ3n) is 3.56. The summed E-state index contributed by atoms with van der Waals surface area (Å²) in [4.78, 5) is 24.0. The van der Waals surface area contributed by atoms with Crippen LogP contribution in [0.15, 0.2) is 59.7 Å². The van der Waals surface area contributed by atoms with Crippen LogP contribution in [0.3, 0.4) is 0 Å². The van der Waals surface area contributed by atoms with Gasteiger partial charge in [-0.05, 0) is 24.3 Å². The predicted molar refractivity (Wildman–Crippen MR) is 111 cm³/mol. The molecule has 148 valence electrons. The van der Waals surface area contributed by atoms with Crippen LogP contribution in [0.1, 0.15) is 10.6 Å². The Kier molecular flexibility index (Phi) is 6.85. The van der Waals surface area contributed by atoms with Crippen molar-refractivity contribution in [3.05, 3.63) is 65.2 Å². The predicted octanol–water partition coefficient (Wildman–Crippen LogP) is 2.88. The highest BCUT2D eigenvalue weighted by atomic mass is 32.1. The Bertz CT molecular complexity index is 1010. The van der Waals surface area contributed by atoms with Gasteiger partial charge in [0.2, 0.25) is 11.0 Å². The number of nitrogens with one attached hydrogen (secondary N) is 3. The first-order valence-corrected chi connectivity index (χ1v) is 9.36. The maximum absolute atomic E-state index is 12.0. The van der Waals surface area contributed by atoms with Crippen LogP contribution in [0.5, 0.6) is 5.75 Å². The highest BCUT2D eigenvalue weighted by Crippen LogP contribution is 2.17. The quantitative estimate of drug-likeness (QED) is 0.409. The summed E-state index contributed by atoms with van der Waals surface area (Å²) in [7, 11) is 1.56. The molecule has 3 N–H and O–H groups in total. The van der Waals surface area contributed by atoms with Crippen molar-refractivity contribution >= 4 is 40.3 Å². The van der Waals surface area contributed by atoms with Gasteiger partial charge in [0, 0.05) is 11.3 Å². The fourth-order valence-electron chi connectivity index (χ4n) is 2.28. The van der Waals surface area contributed by atoms with Crippen molar-refractivity contribution in [3.8, 4) is 5.75 Å². The van der Waals surface area contributed by atoms with Gasteiger partial charge >= 0.3 is 6.03 Å². The first-order chi connectivity index (χ1) is 14.1. The van der Waals surface area contributed by atoms with Gasteiger partial charge in [0.05, 0.1) is 19.7 Å². The minimum atomic E-state index is -0.440. The van der Waals surface area contributed by atoms with Gasteiger partial charge in [-0.1, -0.05) is 41.7 Å². The van der Waals surface area contributed by atoms with E-state index in [1.54, 1.807) is 25.3 Å². The number of ether oxygens (including phenoxy) is 1. The molecule has 2 aromatic carbocycles. The summed E-state index contributed by atoms with van der Waals surface area (Å²) in [6, 6.07) is 15.9. The number of rotatable bonds is 7. The number of carbonyl (C=O) groups is 2. The Morgan fingerprint density at radius 2 is 1.83 bits per heavy atom. The topological polar surface area (TPSA) is 118 Å². The van der Waals surface area contributed by atoms with Crippen LogP contribution in [0.4, 0.5) is 15.6 Å². The smallest absolute Gasteiger partial charge is 0.325 e. The van der Waals surface area contributed by atoms with Gasteiger partial charge < -0.3 is 10.1 Å². The average molecular weight is 410 g/mol. The van der Waals surface area contributed by atoms with E-state index < -0.39 is 6.03 Å². The highest BCUT2D eigenvalue weighted by Gasteiger charge is 2.11. The zero-order chi connectivity index (χ0) is 20.5. The molecular weight excluding hydrogens is 392 g/mol. The van der Waals surface area contributed by atoms with Crippen LogP contribution in [0.25, 0.3) is 0 Å². The number of amides is 3. The molecule has 0 atom stereocenters. The van der Waals surface area contributed by atoms with Gasteiger partial charge in [-0.3, -0.25) is 10.1 Å². The van der Waals surface area contributed by atoms with E-state index in [0.717, 1.165) is 16.9 Å². The summed E-state index contributed by atoms with van der Waals surface area (Å²) in [6.45, 7) is 0. The number of para-hydroxylation sites is 2. The van der Waals surface area contributed by atoms with Crippen LogP contribution in [0, 0.1) is 0 Å². The lowest BCUT2D eigenvalue weighted by atomic mass is 10.2. The Hall–Kier alpha value is -3.79. The summed E-state index contributed by atoms with van der Waals surface area (Å²) < 4.78 is 5.21. The standard InChI is InChI=1S/C19H18N6O3S/c1-28-15-10-6-5-7-13(15)12-20-23-16(26)11-17-24-25-19(29-17)22-18(27)21-14-8-3-2-4-9-14/h2-10,12H,11H2,1H3,(H,23,26)(H2,21,22,25,27). The largest absolute Gasteiger partial charge is 0.496 e. The first-order valence-electron chi connectivity index (χ1n) is 8.54. The van der Waals surface area contributed by atoms with Gasteiger partial charge in [-0.25, -0.2) is 10.2 Å². The lowest BCUT2D eigenvalue weighted by Crippen LogP contribution is -2.19. The molecule has 0 spiro atoms. The Morgan fingerprint density at radius 1 is 1.07 bits per heavy atom. The van der Waals surface area contributed by atoms with Gasteiger partial charge in [0.25, 0.3) is 0 Å². The lowest BCUT2D eigenvalue weighted by Gasteiger charge is -2.04. The molecule has 1 aromatic heterocycles. The first kappa shape index (κ1) is 20.0. The second-order valence-corrected chi connectivity index (χ2v) is 6.72. The highest BCUT2D eigenvalue weighted by molar-refractivity contribution is 7.15. The molecule has 3 amide bonds. The zero-order valence-electron chi connectivity index (χ0n) is 15.5. The van der Waals surface area contributed by atoms with Crippen molar-refractivity contribution in [1.82, 2.24) is 15.6 Å². The van der Waals surface area contributed by atoms with Gasteiger partial charge in [0.15, 0.2) is 0 Å². The molecule has 0 fully saturated rings. The third-order valence-corrected chi connectivity index (χ3v) is 4.40. The zero-order valence-corrected chi connectivity index (χ0v) is 16.3. The minimum absolute atomic E-state index is 0.0110. The normalized spacial score (nSPS) is 10.5. The molecule has 3 rings (SSSR count). The third kappa shape index (κ3) is 6.11. The summed E-state index contributed by atoms with van der Waals surface area (Å²) in [5, 5.41) is 17.7. The summed E-state index contributed by atoms with van der Waals surface area (Å²) >= 11 is 1.11.